The molecule has 0 radical (unpaired) electrons. The summed E-state index contributed by atoms with van der Waals surface area (Å²) in [5, 5.41) is 0. The summed E-state index contributed by atoms with van der Waals surface area (Å²) in [5.74, 6) is 0.873. The van der Waals surface area contributed by atoms with Crippen LogP contribution in [0.15, 0.2) is 30.3 Å². The standard InChI is InChI=1S/C21H22Br2O7/c1-11(24)30-17-10-13(26-2)9-16(29-5)18(17)21(25)20(23)19(22)12-6-7-14(27-3)15(8-12)28-4/h6-10,19-20H,1-5H3. The monoisotopic (exact) mass is 544 g/mol. The number of benzene rings is 2. The molecule has 0 heterocycles. The normalized spacial score (nSPS) is 12.5. The van der Waals surface area contributed by atoms with Gasteiger partial charge in [0.2, 0.25) is 0 Å². The molecule has 0 aromatic heterocycles. The van der Waals surface area contributed by atoms with Gasteiger partial charge in [-0.2, -0.15) is 0 Å². The molecule has 0 aliphatic rings. The van der Waals surface area contributed by atoms with Gasteiger partial charge in [-0.15, -0.1) is 0 Å². The highest BCUT2D eigenvalue weighted by Gasteiger charge is 2.32. The van der Waals surface area contributed by atoms with Gasteiger partial charge in [-0.3, -0.25) is 9.59 Å². The highest BCUT2D eigenvalue weighted by Crippen LogP contribution is 2.41. The van der Waals surface area contributed by atoms with Crippen molar-refractivity contribution in [3.05, 3.63) is 41.5 Å². The molecule has 0 amide bonds. The smallest absolute Gasteiger partial charge is 0.308 e. The van der Waals surface area contributed by atoms with Crippen molar-refractivity contribution in [1.82, 2.24) is 0 Å². The van der Waals surface area contributed by atoms with Gasteiger partial charge in [-0.25, -0.2) is 0 Å². The Balaban J connectivity index is 2.47. The lowest BCUT2D eigenvalue weighted by Crippen LogP contribution is -2.21. The van der Waals surface area contributed by atoms with E-state index in [0.29, 0.717) is 17.2 Å². The number of esters is 1. The Hall–Kier alpha value is -2.26. The molecule has 162 valence electrons. The predicted molar refractivity (Wildman–Crippen MR) is 119 cm³/mol. The summed E-state index contributed by atoms with van der Waals surface area (Å²) in [7, 11) is 5.97. The highest BCUT2D eigenvalue weighted by molar-refractivity contribution is 9.12. The van der Waals surface area contributed by atoms with Crippen LogP contribution in [0.5, 0.6) is 28.7 Å². The van der Waals surface area contributed by atoms with Crippen LogP contribution in [0.1, 0.15) is 27.7 Å². The molecule has 0 saturated carbocycles. The number of Topliss-reactive ketones (excluding diaryl/α,β-unsaturated/α-hetero) is 1. The molecule has 0 saturated heterocycles. The van der Waals surface area contributed by atoms with Crippen LogP contribution in [0.2, 0.25) is 0 Å². The lowest BCUT2D eigenvalue weighted by molar-refractivity contribution is -0.131. The lowest BCUT2D eigenvalue weighted by atomic mass is 10.00. The van der Waals surface area contributed by atoms with Gasteiger partial charge in [0.05, 0.1) is 38.1 Å². The average molecular weight is 546 g/mol. The Kier molecular flexibility index (Phi) is 8.54. The second-order valence-electron chi connectivity index (χ2n) is 6.08. The first kappa shape index (κ1) is 24.0. The van der Waals surface area contributed by atoms with Crippen molar-refractivity contribution in [2.45, 2.75) is 16.6 Å². The maximum Gasteiger partial charge on any atom is 0.308 e. The van der Waals surface area contributed by atoms with Crippen molar-refractivity contribution < 1.29 is 33.3 Å². The van der Waals surface area contributed by atoms with E-state index in [2.05, 4.69) is 31.9 Å². The molecular formula is C21H22Br2O7. The number of hydrogen-bond acceptors (Lipinski definition) is 7. The highest BCUT2D eigenvalue weighted by atomic mass is 79.9. The van der Waals surface area contributed by atoms with E-state index in [1.165, 1.54) is 34.3 Å². The molecule has 2 atom stereocenters. The second kappa shape index (κ2) is 10.7. The Morgan fingerprint density at radius 3 is 1.93 bits per heavy atom. The third-order valence-corrected chi connectivity index (χ3v) is 6.94. The van der Waals surface area contributed by atoms with Crippen LogP contribution in [0.4, 0.5) is 0 Å². The number of halogens is 2. The fraction of sp³-hybridized carbons (Fsp3) is 0.333. The van der Waals surface area contributed by atoms with Crippen LogP contribution in [0.25, 0.3) is 0 Å². The topological polar surface area (TPSA) is 80.3 Å². The number of alkyl halides is 2. The quantitative estimate of drug-likeness (QED) is 0.195. The van der Waals surface area contributed by atoms with Gasteiger partial charge in [0.25, 0.3) is 0 Å². The van der Waals surface area contributed by atoms with E-state index in [-0.39, 0.29) is 22.8 Å². The molecule has 0 aliphatic carbocycles. The van der Waals surface area contributed by atoms with Crippen LogP contribution >= 0.6 is 31.9 Å². The molecule has 0 aliphatic heterocycles. The largest absolute Gasteiger partial charge is 0.496 e. The Bertz CT molecular complexity index is 930. The summed E-state index contributed by atoms with van der Waals surface area (Å²) in [4.78, 5) is 23.8. The third kappa shape index (κ3) is 5.26. The molecule has 0 bridgehead atoms. The van der Waals surface area contributed by atoms with Gasteiger partial charge in [0, 0.05) is 19.1 Å². The fourth-order valence-electron chi connectivity index (χ4n) is 2.79. The number of carbonyl (C=O) groups is 2. The first-order chi connectivity index (χ1) is 14.3. The van der Waals surface area contributed by atoms with Crippen LogP contribution in [0, 0.1) is 0 Å². The van der Waals surface area contributed by atoms with E-state index < -0.39 is 15.6 Å². The molecule has 9 heteroatoms. The fourth-order valence-corrected chi connectivity index (χ4v) is 3.85. The third-order valence-electron chi connectivity index (χ3n) is 4.23. The van der Waals surface area contributed by atoms with Crippen molar-refractivity contribution >= 4 is 43.6 Å². The molecule has 2 rings (SSSR count). The van der Waals surface area contributed by atoms with Gasteiger partial charge < -0.3 is 23.7 Å². The zero-order valence-electron chi connectivity index (χ0n) is 17.2. The van der Waals surface area contributed by atoms with Gasteiger partial charge in [0.15, 0.2) is 17.3 Å². The second-order valence-corrected chi connectivity index (χ2v) is 8.05. The first-order valence-electron chi connectivity index (χ1n) is 8.76. The van der Waals surface area contributed by atoms with Crippen LogP contribution in [-0.2, 0) is 4.79 Å². The van der Waals surface area contributed by atoms with E-state index >= 15 is 0 Å². The molecule has 0 spiro atoms. The van der Waals surface area contributed by atoms with Gasteiger partial charge in [-0.05, 0) is 17.7 Å². The van der Waals surface area contributed by atoms with Crippen molar-refractivity contribution in [3.63, 3.8) is 0 Å². The molecule has 2 unspecified atom stereocenters. The summed E-state index contributed by atoms with van der Waals surface area (Å²) >= 11 is 7.04. The molecule has 0 fully saturated rings. The Morgan fingerprint density at radius 2 is 1.40 bits per heavy atom. The van der Waals surface area contributed by atoms with Crippen molar-refractivity contribution in [2.75, 3.05) is 28.4 Å². The van der Waals surface area contributed by atoms with Crippen molar-refractivity contribution in [2.24, 2.45) is 0 Å². The van der Waals surface area contributed by atoms with Crippen molar-refractivity contribution in [3.8, 4) is 28.7 Å². The van der Waals surface area contributed by atoms with Crippen LogP contribution in [0.3, 0.4) is 0 Å². The number of ether oxygens (including phenoxy) is 5. The number of hydrogen-bond donors (Lipinski definition) is 0. The Labute approximate surface area is 191 Å². The summed E-state index contributed by atoms with van der Waals surface area (Å²) in [5.41, 5.74) is 0.907. The van der Waals surface area contributed by atoms with E-state index in [4.69, 9.17) is 23.7 Å². The minimum absolute atomic E-state index is 0.0557. The average Bonchev–Trinajstić information content (AvgIpc) is 2.75. The summed E-state index contributed by atoms with van der Waals surface area (Å²) in [6.45, 7) is 1.25. The molecule has 7 nitrogen and oxygen atoms in total. The summed E-state index contributed by atoms with van der Waals surface area (Å²) in [6, 6.07) is 8.37. The van der Waals surface area contributed by atoms with Crippen molar-refractivity contribution in [1.29, 1.82) is 0 Å². The SMILES string of the molecule is COc1cc(OC)c(C(=O)C(Br)C(Br)c2ccc(OC)c(OC)c2)c(OC(C)=O)c1. The minimum atomic E-state index is -0.716. The summed E-state index contributed by atoms with van der Waals surface area (Å²) in [6.07, 6.45) is 0. The zero-order chi connectivity index (χ0) is 22.4. The summed E-state index contributed by atoms with van der Waals surface area (Å²) < 4.78 is 26.4. The maximum atomic E-state index is 13.4. The molecule has 2 aromatic carbocycles. The van der Waals surface area contributed by atoms with E-state index in [1.54, 1.807) is 25.3 Å². The molecule has 30 heavy (non-hydrogen) atoms. The van der Waals surface area contributed by atoms with E-state index in [9.17, 15) is 9.59 Å². The number of ketones is 1. The molecule has 2 aromatic rings. The van der Waals surface area contributed by atoms with Gasteiger partial charge >= 0.3 is 5.97 Å². The predicted octanol–water partition coefficient (Wildman–Crippen LogP) is 4.73. The number of carbonyl (C=O) groups excluding carboxylic acids is 2. The van der Waals surface area contributed by atoms with E-state index in [1.807, 2.05) is 6.07 Å². The zero-order valence-corrected chi connectivity index (χ0v) is 20.3. The number of methoxy groups -OCH3 is 4. The minimum Gasteiger partial charge on any atom is -0.496 e. The molecule has 0 N–H and O–H groups in total. The maximum absolute atomic E-state index is 13.4. The van der Waals surface area contributed by atoms with Gasteiger partial charge in [-0.1, -0.05) is 37.9 Å². The van der Waals surface area contributed by atoms with E-state index in [0.717, 1.165) is 5.56 Å². The Morgan fingerprint density at radius 1 is 0.800 bits per heavy atom. The van der Waals surface area contributed by atoms with Crippen LogP contribution < -0.4 is 23.7 Å². The van der Waals surface area contributed by atoms with Crippen LogP contribution in [-0.4, -0.2) is 45.0 Å². The molecular weight excluding hydrogens is 524 g/mol. The van der Waals surface area contributed by atoms with Gasteiger partial charge in [0.1, 0.15) is 22.8 Å². The first-order valence-corrected chi connectivity index (χ1v) is 10.6. The number of rotatable bonds is 9. The lowest BCUT2D eigenvalue weighted by Gasteiger charge is -2.20.